The van der Waals surface area contributed by atoms with Gasteiger partial charge in [0.05, 0.1) is 18.7 Å². The Bertz CT molecular complexity index is 379. The summed E-state index contributed by atoms with van der Waals surface area (Å²) in [5, 5.41) is 2.87. The molecule has 0 heterocycles. The van der Waals surface area contributed by atoms with E-state index in [1.807, 2.05) is 31.2 Å². The lowest BCUT2D eigenvalue weighted by molar-refractivity contribution is -0.125. The number of nitrogens with two attached hydrogens (primary N) is 1. The Balaban J connectivity index is 2.70. The second-order valence-electron chi connectivity index (χ2n) is 4.69. The zero-order valence-electron chi connectivity index (χ0n) is 10.8. The molecule has 17 heavy (non-hydrogen) atoms. The molecular formula is C13H20N2O2. The zero-order chi connectivity index (χ0) is 13.1. The molecule has 0 aliphatic heterocycles. The van der Waals surface area contributed by atoms with Crippen LogP contribution >= 0.6 is 0 Å². The summed E-state index contributed by atoms with van der Waals surface area (Å²) in [6.07, 6.45) is 0. The molecule has 1 amide bonds. The van der Waals surface area contributed by atoms with Gasteiger partial charge in [-0.2, -0.15) is 0 Å². The van der Waals surface area contributed by atoms with Crippen molar-refractivity contribution in [2.45, 2.75) is 32.4 Å². The molecular weight excluding hydrogens is 216 g/mol. The number of amides is 1. The van der Waals surface area contributed by atoms with Gasteiger partial charge in [-0.25, -0.2) is 0 Å². The topological polar surface area (TPSA) is 64.3 Å². The van der Waals surface area contributed by atoms with Crippen LogP contribution in [0.5, 0.6) is 5.75 Å². The Hall–Kier alpha value is -1.55. The first-order valence-corrected chi connectivity index (χ1v) is 5.58. The van der Waals surface area contributed by atoms with E-state index in [9.17, 15) is 4.79 Å². The van der Waals surface area contributed by atoms with Crippen LogP contribution in [0.15, 0.2) is 24.3 Å². The lowest BCUT2D eigenvalue weighted by Gasteiger charge is -2.22. The number of nitrogens with one attached hydrogen (secondary N) is 1. The number of ether oxygens (including phenoxy) is 1. The summed E-state index contributed by atoms with van der Waals surface area (Å²) < 4.78 is 5.08. The minimum Gasteiger partial charge on any atom is -0.497 e. The monoisotopic (exact) mass is 236 g/mol. The van der Waals surface area contributed by atoms with Crippen LogP contribution in [0.4, 0.5) is 0 Å². The van der Waals surface area contributed by atoms with Crippen LogP contribution in [0.1, 0.15) is 32.4 Å². The van der Waals surface area contributed by atoms with Crippen molar-refractivity contribution in [2.24, 2.45) is 5.73 Å². The third-order valence-corrected chi connectivity index (χ3v) is 2.55. The van der Waals surface area contributed by atoms with Crippen molar-refractivity contribution < 1.29 is 9.53 Å². The smallest absolute Gasteiger partial charge is 0.239 e. The van der Waals surface area contributed by atoms with Gasteiger partial charge in [-0.1, -0.05) is 12.1 Å². The summed E-state index contributed by atoms with van der Waals surface area (Å²) in [6.45, 7) is 5.29. The summed E-state index contributed by atoms with van der Waals surface area (Å²) in [5.41, 5.74) is 5.88. The van der Waals surface area contributed by atoms with Gasteiger partial charge in [0.2, 0.25) is 5.91 Å². The van der Waals surface area contributed by atoms with E-state index in [0.717, 1.165) is 11.3 Å². The fourth-order valence-corrected chi connectivity index (χ4v) is 1.36. The molecule has 0 spiro atoms. The van der Waals surface area contributed by atoms with E-state index in [2.05, 4.69) is 5.32 Å². The summed E-state index contributed by atoms with van der Waals surface area (Å²) in [5.74, 6) is 0.632. The van der Waals surface area contributed by atoms with Gasteiger partial charge in [0, 0.05) is 0 Å². The first-order chi connectivity index (χ1) is 7.84. The third-order valence-electron chi connectivity index (χ3n) is 2.55. The first-order valence-electron chi connectivity index (χ1n) is 5.58. The predicted molar refractivity (Wildman–Crippen MR) is 67.8 cm³/mol. The second-order valence-corrected chi connectivity index (χ2v) is 4.69. The molecule has 0 unspecified atom stereocenters. The molecule has 0 aliphatic rings. The maximum Gasteiger partial charge on any atom is 0.239 e. The number of carbonyl (C=O) groups is 1. The van der Waals surface area contributed by atoms with Crippen LogP contribution in [-0.2, 0) is 4.79 Å². The number of rotatable bonds is 4. The number of hydrogen-bond donors (Lipinski definition) is 2. The highest BCUT2D eigenvalue weighted by molar-refractivity contribution is 5.85. The summed E-state index contributed by atoms with van der Waals surface area (Å²) in [4.78, 5) is 11.7. The van der Waals surface area contributed by atoms with E-state index in [4.69, 9.17) is 10.5 Å². The molecule has 1 atom stereocenters. The Labute approximate surface area is 102 Å². The van der Waals surface area contributed by atoms with Crippen LogP contribution in [0.3, 0.4) is 0 Å². The van der Waals surface area contributed by atoms with E-state index >= 15 is 0 Å². The van der Waals surface area contributed by atoms with Gasteiger partial charge in [0.25, 0.3) is 0 Å². The second kappa shape index (κ2) is 5.19. The van der Waals surface area contributed by atoms with Gasteiger partial charge in [0.1, 0.15) is 5.75 Å². The zero-order valence-corrected chi connectivity index (χ0v) is 10.8. The molecule has 0 bridgehead atoms. The maximum absolute atomic E-state index is 11.7. The minimum absolute atomic E-state index is 0.0729. The van der Waals surface area contributed by atoms with Crippen molar-refractivity contribution in [3.63, 3.8) is 0 Å². The highest BCUT2D eigenvalue weighted by atomic mass is 16.5. The van der Waals surface area contributed by atoms with E-state index in [1.165, 1.54) is 0 Å². The van der Waals surface area contributed by atoms with Crippen LogP contribution in [0, 0.1) is 0 Å². The Kier molecular flexibility index (Phi) is 4.12. The molecule has 3 N–H and O–H groups in total. The highest BCUT2D eigenvalue weighted by Gasteiger charge is 2.23. The van der Waals surface area contributed by atoms with Crippen LogP contribution in [-0.4, -0.2) is 18.6 Å². The van der Waals surface area contributed by atoms with E-state index in [-0.39, 0.29) is 11.9 Å². The molecule has 4 heteroatoms. The van der Waals surface area contributed by atoms with E-state index in [0.29, 0.717) is 0 Å². The Morgan fingerprint density at radius 1 is 1.35 bits per heavy atom. The summed E-state index contributed by atoms with van der Waals surface area (Å²) in [7, 11) is 1.62. The normalized spacial score (nSPS) is 13.0. The van der Waals surface area contributed by atoms with E-state index < -0.39 is 5.54 Å². The van der Waals surface area contributed by atoms with Crippen LogP contribution < -0.4 is 15.8 Å². The Morgan fingerprint density at radius 3 is 2.29 bits per heavy atom. The quantitative estimate of drug-likeness (QED) is 0.834. The third kappa shape index (κ3) is 3.75. The van der Waals surface area contributed by atoms with Crippen molar-refractivity contribution in [2.75, 3.05) is 7.11 Å². The van der Waals surface area contributed by atoms with Crippen molar-refractivity contribution in [3.8, 4) is 5.75 Å². The molecule has 0 saturated carbocycles. The minimum atomic E-state index is -0.860. The molecule has 0 aromatic heterocycles. The lowest BCUT2D eigenvalue weighted by Crippen LogP contribution is -2.49. The average Bonchev–Trinajstić information content (AvgIpc) is 2.27. The van der Waals surface area contributed by atoms with Gasteiger partial charge in [-0.05, 0) is 38.5 Å². The van der Waals surface area contributed by atoms with Gasteiger partial charge < -0.3 is 15.8 Å². The van der Waals surface area contributed by atoms with Crippen molar-refractivity contribution in [3.05, 3.63) is 29.8 Å². The number of methoxy groups -OCH3 is 1. The molecule has 0 radical (unpaired) electrons. The van der Waals surface area contributed by atoms with Gasteiger partial charge >= 0.3 is 0 Å². The fourth-order valence-electron chi connectivity index (χ4n) is 1.36. The number of carbonyl (C=O) groups excluding carboxylic acids is 1. The SMILES string of the molecule is COc1ccc([C@H](C)NC(=O)C(C)(C)N)cc1. The fraction of sp³-hybridized carbons (Fsp3) is 0.462. The standard InChI is InChI=1S/C13H20N2O2/c1-9(15-12(16)13(2,3)14)10-5-7-11(17-4)8-6-10/h5-9H,14H2,1-4H3,(H,15,16)/t9-/m0/s1. The van der Waals surface area contributed by atoms with Gasteiger partial charge in [-0.15, -0.1) is 0 Å². The van der Waals surface area contributed by atoms with Crippen LogP contribution in [0.25, 0.3) is 0 Å². The first kappa shape index (κ1) is 13.5. The number of hydrogen-bond acceptors (Lipinski definition) is 3. The lowest BCUT2D eigenvalue weighted by atomic mass is 10.0. The Morgan fingerprint density at radius 2 is 1.88 bits per heavy atom. The van der Waals surface area contributed by atoms with Crippen LogP contribution in [0.2, 0.25) is 0 Å². The highest BCUT2D eigenvalue weighted by Crippen LogP contribution is 2.17. The molecule has 4 nitrogen and oxygen atoms in total. The van der Waals surface area contributed by atoms with Crippen molar-refractivity contribution in [1.82, 2.24) is 5.32 Å². The molecule has 0 saturated heterocycles. The molecule has 0 fully saturated rings. The largest absolute Gasteiger partial charge is 0.497 e. The average molecular weight is 236 g/mol. The van der Waals surface area contributed by atoms with Crippen molar-refractivity contribution >= 4 is 5.91 Å². The predicted octanol–water partition coefficient (Wildman–Crippen LogP) is 1.61. The molecule has 94 valence electrons. The molecule has 0 aliphatic carbocycles. The maximum atomic E-state index is 11.7. The summed E-state index contributed by atoms with van der Waals surface area (Å²) >= 11 is 0. The van der Waals surface area contributed by atoms with Gasteiger partial charge in [0.15, 0.2) is 0 Å². The van der Waals surface area contributed by atoms with Gasteiger partial charge in [-0.3, -0.25) is 4.79 Å². The van der Waals surface area contributed by atoms with Crippen molar-refractivity contribution in [1.29, 1.82) is 0 Å². The molecule has 1 aromatic rings. The number of benzene rings is 1. The molecule has 1 rings (SSSR count). The van der Waals surface area contributed by atoms with E-state index in [1.54, 1.807) is 21.0 Å². The molecule has 1 aromatic carbocycles. The summed E-state index contributed by atoms with van der Waals surface area (Å²) in [6, 6.07) is 7.51.